The number of amides is 2. The Morgan fingerprint density at radius 1 is 0.833 bits per heavy atom. The SMILES string of the molecule is C=C1CCC(N2Cc3cc(N4CCN(CCCCCOc5ccc([C@H]6c7ccc(O)cc7CC[C@H]6c6ccccc6)cc5)CC4)cc(Cl)c3C2=O)C(=O)N1. The number of carbonyl (C=O) groups excluding carboxylic acids is 2. The monoisotopic (exact) mass is 744 g/mol. The molecule has 2 saturated heterocycles. The predicted molar refractivity (Wildman–Crippen MR) is 214 cm³/mol. The highest BCUT2D eigenvalue weighted by Gasteiger charge is 2.40. The number of fused-ring (bicyclic) bond motifs is 2. The van der Waals surface area contributed by atoms with Crippen LogP contribution in [-0.4, -0.2) is 72.1 Å². The van der Waals surface area contributed by atoms with Gasteiger partial charge in [-0.05, 0) is 122 Å². The molecule has 8 rings (SSSR count). The summed E-state index contributed by atoms with van der Waals surface area (Å²) < 4.78 is 6.19. The molecule has 0 saturated carbocycles. The van der Waals surface area contributed by atoms with E-state index >= 15 is 0 Å². The molecule has 2 fully saturated rings. The molecule has 3 aliphatic heterocycles. The Kier molecular flexibility index (Phi) is 10.7. The lowest BCUT2D eigenvalue weighted by molar-refractivity contribution is -0.126. The second-order valence-corrected chi connectivity index (χ2v) is 15.7. The molecule has 8 nitrogen and oxygen atoms in total. The molecule has 2 N–H and O–H groups in total. The molecule has 54 heavy (non-hydrogen) atoms. The van der Waals surface area contributed by atoms with Crippen LogP contribution < -0.4 is 15.0 Å². The van der Waals surface area contributed by atoms with Crippen molar-refractivity contribution in [2.45, 2.75) is 69.4 Å². The highest BCUT2D eigenvalue weighted by Crippen LogP contribution is 2.47. The van der Waals surface area contributed by atoms with Crippen LogP contribution in [0.4, 0.5) is 5.69 Å². The van der Waals surface area contributed by atoms with E-state index in [0.29, 0.717) is 53.9 Å². The van der Waals surface area contributed by atoms with Gasteiger partial charge in [-0.3, -0.25) is 14.5 Å². The maximum Gasteiger partial charge on any atom is 0.256 e. The van der Waals surface area contributed by atoms with Gasteiger partial charge in [0.25, 0.3) is 5.91 Å². The van der Waals surface area contributed by atoms with Crippen molar-refractivity contribution in [1.82, 2.24) is 15.1 Å². The fourth-order valence-corrected chi connectivity index (χ4v) is 9.30. The lowest BCUT2D eigenvalue weighted by Crippen LogP contribution is -2.49. The summed E-state index contributed by atoms with van der Waals surface area (Å²) in [5, 5.41) is 13.4. The maximum absolute atomic E-state index is 13.3. The van der Waals surface area contributed by atoms with E-state index in [4.69, 9.17) is 16.3 Å². The molecule has 3 atom stereocenters. The molecular weight excluding hydrogens is 696 g/mol. The van der Waals surface area contributed by atoms with Crippen molar-refractivity contribution < 1.29 is 19.4 Å². The molecule has 0 spiro atoms. The van der Waals surface area contributed by atoms with Crippen molar-refractivity contribution in [2.75, 3.05) is 44.2 Å². The van der Waals surface area contributed by atoms with E-state index in [1.165, 1.54) is 22.3 Å². The van der Waals surface area contributed by atoms with E-state index < -0.39 is 6.04 Å². The molecular formula is C45H49ClN4O4. The molecule has 1 aliphatic carbocycles. The number of benzene rings is 4. The van der Waals surface area contributed by atoms with Crippen molar-refractivity contribution in [1.29, 1.82) is 0 Å². The Balaban J connectivity index is 0.783. The number of aryl methyl sites for hydroxylation is 1. The molecule has 4 aromatic carbocycles. The van der Waals surface area contributed by atoms with Gasteiger partial charge < -0.3 is 25.0 Å². The Bertz CT molecular complexity index is 2010. The van der Waals surface area contributed by atoms with Gasteiger partial charge in [0.15, 0.2) is 0 Å². The minimum absolute atomic E-state index is 0.163. The van der Waals surface area contributed by atoms with Gasteiger partial charge in [0, 0.05) is 50.0 Å². The largest absolute Gasteiger partial charge is 0.508 e. The predicted octanol–water partition coefficient (Wildman–Crippen LogP) is 8.03. The first-order chi connectivity index (χ1) is 26.3. The molecule has 0 radical (unpaired) electrons. The summed E-state index contributed by atoms with van der Waals surface area (Å²) >= 11 is 6.70. The number of rotatable bonds is 11. The molecule has 0 bridgehead atoms. The molecule has 280 valence electrons. The fraction of sp³-hybridized carbons (Fsp3) is 0.378. The minimum atomic E-state index is -0.492. The molecule has 0 aromatic heterocycles. The van der Waals surface area contributed by atoms with Crippen molar-refractivity contribution >= 4 is 29.1 Å². The molecule has 3 heterocycles. The summed E-state index contributed by atoms with van der Waals surface area (Å²) in [6.07, 6.45) is 6.52. The van der Waals surface area contributed by atoms with Crippen LogP contribution in [-0.2, 0) is 17.8 Å². The Hall–Kier alpha value is -4.79. The number of phenols is 1. The van der Waals surface area contributed by atoms with Gasteiger partial charge in [-0.1, -0.05) is 66.7 Å². The summed E-state index contributed by atoms with van der Waals surface area (Å²) in [7, 11) is 0. The van der Waals surface area contributed by atoms with Crippen molar-refractivity contribution in [3.63, 3.8) is 0 Å². The van der Waals surface area contributed by atoms with E-state index in [-0.39, 0.29) is 17.7 Å². The highest BCUT2D eigenvalue weighted by atomic mass is 35.5. The van der Waals surface area contributed by atoms with Crippen LogP contribution in [0.15, 0.2) is 97.2 Å². The van der Waals surface area contributed by atoms with Gasteiger partial charge in [0.2, 0.25) is 5.91 Å². The average Bonchev–Trinajstić information content (AvgIpc) is 3.52. The average molecular weight is 745 g/mol. The number of allylic oxidation sites excluding steroid dienone is 1. The Morgan fingerprint density at radius 3 is 2.41 bits per heavy atom. The number of phenolic OH excluding ortho intramolecular Hbond substituents is 1. The number of carbonyl (C=O) groups is 2. The number of piperazine rings is 1. The van der Waals surface area contributed by atoms with Gasteiger partial charge in [-0.25, -0.2) is 0 Å². The van der Waals surface area contributed by atoms with Crippen LogP contribution in [0.3, 0.4) is 0 Å². The van der Waals surface area contributed by atoms with Gasteiger partial charge >= 0.3 is 0 Å². The van der Waals surface area contributed by atoms with Crippen molar-refractivity contribution in [3.05, 3.63) is 136 Å². The van der Waals surface area contributed by atoms with Crippen LogP contribution in [0.5, 0.6) is 11.5 Å². The van der Waals surface area contributed by atoms with E-state index in [2.05, 4.69) is 88.4 Å². The first-order valence-electron chi connectivity index (χ1n) is 19.5. The number of halogens is 1. The number of hydrogen-bond donors (Lipinski definition) is 2. The number of nitrogens with one attached hydrogen (secondary N) is 1. The quantitative estimate of drug-likeness (QED) is 0.151. The Labute approximate surface area is 323 Å². The summed E-state index contributed by atoms with van der Waals surface area (Å²) in [4.78, 5) is 32.4. The van der Waals surface area contributed by atoms with E-state index in [1.807, 2.05) is 18.2 Å². The number of hydrogen-bond acceptors (Lipinski definition) is 6. The van der Waals surface area contributed by atoms with Gasteiger partial charge in [0.1, 0.15) is 17.5 Å². The van der Waals surface area contributed by atoms with Gasteiger partial charge in [-0.15, -0.1) is 0 Å². The number of anilines is 1. The first-order valence-corrected chi connectivity index (χ1v) is 19.9. The maximum atomic E-state index is 13.3. The number of unbranched alkanes of at least 4 members (excludes halogenated alkanes) is 2. The third-order valence-corrected chi connectivity index (χ3v) is 12.1. The van der Waals surface area contributed by atoms with Crippen LogP contribution in [0.25, 0.3) is 0 Å². The van der Waals surface area contributed by atoms with E-state index in [0.717, 1.165) is 81.8 Å². The van der Waals surface area contributed by atoms with E-state index in [9.17, 15) is 14.7 Å². The lowest BCUT2D eigenvalue weighted by atomic mass is 9.69. The molecule has 4 aromatic rings. The zero-order valence-electron chi connectivity index (χ0n) is 30.8. The van der Waals surface area contributed by atoms with E-state index in [1.54, 1.807) is 4.90 Å². The lowest BCUT2D eigenvalue weighted by Gasteiger charge is -2.36. The number of aromatic hydroxyl groups is 1. The zero-order chi connectivity index (χ0) is 37.2. The minimum Gasteiger partial charge on any atom is -0.508 e. The summed E-state index contributed by atoms with van der Waals surface area (Å²) in [5.41, 5.74) is 8.36. The van der Waals surface area contributed by atoms with Crippen LogP contribution >= 0.6 is 11.6 Å². The van der Waals surface area contributed by atoms with Crippen LogP contribution in [0.2, 0.25) is 5.02 Å². The van der Waals surface area contributed by atoms with Crippen LogP contribution in [0, 0.1) is 0 Å². The second kappa shape index (κ2) is 15.9. The third kappa shape index (κ3) is 7.59. The summed E-state index contributed by atoms with van der Waals surface area (Å²) in [5.74, 6) is 1.53. The third-order valence-electron chi connectivity index (χ3n) is 11.9. The van der Waals surface area contributed by atoms with Crippen LogP contribution in [0.1, 0.15) is 88.5 Å². The molecule has 4 aliphatic rings. The smallest absolute Gasteiger partial charge is 0.256 e. The molecule has 9 heteroatoms. The normalized spacial score (nSPS) is 21.5. The standard InChI is InChI=1S/C45H49ClN4O4/c1-30-10-19-41(44(52)47-30)50-29-34-26-35(28-40(46)43(34)45(50)53)49-23-21-48(22-24-49)20-6-3-7-25-54-37-15-11-32(12-16-37)42-38(31-8-4-2-5-9-31)17-13-33-27-36(51)14-18-39(33)42/h2,4-5,8-9,11-12,14-16,18,26-28,38,41-42,51H,1,3,6-7,10,13,17,19-25,29H2,(H,47,52)/t38-,41?,42+/m0/s1. The topological polar surface area (TPSA) is 85.4 Å². The van der Waals surface area contributed by atoms with Gasteiger partial charge in [-0.2, -0.15) is 0 Å². The number of nitrogens with zero attached hydrogens (tertiary/aromatic N) is 3. The Morgan fingerprint density at radius 2 is 1.63 bits per heavy atom. The second-order valence-electron chi connectivity index (χ2n) is 15.3. The van der Waals surface area contributed by atoms with Gasteiger partial charge in [0.05, 0.1) is 17.2 Å². The highest BCUT2D eigenvalue weighted by molar-refractivity contribution is 6.34. The molecule has 1 unspecified atom stereocenters. The van der Waals surface area contributed by atoms with Crippen molar-refractivity contribution in [3.8, 4) is 11.5 Å². The number of ether oxygens (including phenoxy) is 1. The number of piperidine rings is 1. The zero-order valence-corrected chi connectivity index (χ0v) is 31.6. The fourth-order valence-electron chi connectivity index (χ4n) is 8.99. The summed E-state index contributed by atoms with van der Waals surface area (Å²) in [6.45, 7) is 9.79. The first kappa shape index (κ1) is 36.2. The summed E-state index contributed by atoms with van der Waals surface area (Å²) in [6, 6.07) is 28.8. The molecule has 2 amide bonds. The van der Waals surface area contributed by atoms with Crippen molar-refractivity contribution in [2.24, 2.45) is 0 Å².